The molecular formula is C56H53F6N3O11. The highest BCUT2D eigenvalue weighted by molar-refractivity contribution is 5.94. The third kappa shape index (κ3) is 16.6. The van der Waals surface area contributed by atoms with E-state index in [1.807, 2.05) is 42.5 Å². The number of hydrogen-bond acceptors (Lipinski definition) is 12. The summed E-state index contributed by atoms with van der Waals surface area (Å²) in [4.78, 5) is 38.4. The number of rotatable bonds is 24. The van der Waals surface area contributed by atoms with Crippen molar-refractivity contribution in [2.45, 2.75) is 75.2 Å². The number of ether oxygens (including phenoxy) is 5. The van der Waals surface area contributed by atoms with Gasteiger partial charge in [-0.2, -0.15) is 26.3 Å². The van der Waals surface area contributed by atoms with E-state index in [4.69, 9.17) is 37.8 Å². The lowest BCUT2D eigenvalue weighted by atomic mass is 9.91. The molecule has 76 heavy (non-hydrogen) atoms. The van der Waals surface area contributed by atoms with E-state index in [0.29, 0.717) is 92.9 Å². The molecule has 0 unspecified atom stereocenters. The van der Waals surface area contributed by atoms with Gasteiger partial charge in [-0.3, -0.25) is 9.59 Å². The molecule has 1 N–H and O–H groups in total. The quantitative estimate of drug-likeness (QED) is 0.0448. The number of hydrogen-bond donors (Lipinski definition) is 1. The molecule has 2 aromatic heterocycles. The minimum atomic E-state index is -4.38. The fourth-order valence-corrected chi connectivity index (χ4v) is 8.08. The number of nitrogens with zero attached hydrogens (tertiary/aromatic N) is 3. The van der Waals surface area contributed by atoms with Crippen molar-refractivity contribution in [1.82, 2.24) is 15.2 Å². The van der Waals surface area contributed by atoms with Gasteiger partial charge >= 0.3 is 24.4 Å². The predicted molar refractivity (Wildman–Crippen MR) is 262 cm³/mol. The summed E-state index contributed by atoms with van der Waals surface area (Å²) in [5.41, 5.74) is 2.28. The van der Waals surface area contributed by atoms with Gasteiger partial charge in [0.2, 0.25) is 5.91 Å². The van der Waals surface area contributed by atoms with E-state index in [1.165, 1.54) is 41.7 Å². The maximum Gasteiger partial charge on any atom is 0.416 e. The zero-order valence-corrected chi connectivity index (χ0v) is 40.8. The van der Waals surface area contributed by atoms with Crippen molar-refractivity contribution in [3.8, 4) is 23.0 Å². The molecule has 3 atom stereocenters. The number of alkyl halides is 6. The average molecular weight is 1060 g/mol. The van der Waals surface area contributed by atoms with E-state index in [2.05, 4.69) is 10.3 Å². The van der Waals surface area contributed by atoms with Crippen LogP contribution in [0, 0.1) is 0 Å². The van der Waals surface area contributed by atoms with E-state index >= 15 is 0 Å². The van der Waals surface area contributed by atoms with Gasteiger partial charge in [0.15, 0.2) is 0 Å². The van der Waals surface area contributed by atoms with Crippen molar-refractivity contribution in [2.75, 3.05) is 33.0 Å². The molecule has 400 valence electrons. The highest BCUT2D eigenvalue weighted by Crippen LogP contribution is 2.34. The third-order valence-electron chi connectivity index (χ3n) is 12.0. The second-order valence-corrected chi connectivity index (χ2v) is 17.4. The molecular weight excluding hydrogens is 1000 g/mol. The van der Waals surface area contributed by atoms with Crippen LogP contribution in [-0.2, 0) is 33.1 Å². The summed E-state index contributed by atoms with van der Waals surface area (Å²) in [5.74, 6) is -0.121. The summed E-state index contributed by atoms with van der Waals surface area (Å²) in [6.07, 6.45) is -3.46. The molecule has 2 amide bonds. The van der Waals surface area contributed by atoms with Gasteiger partial charge in [0.05, 0.1) is 61.4 Å². The third-order valence-corrected chi connectivity index (χ3v) is 12.0. The molecule has 1 fully saturated rings. The van der Waals surface area contributed by atoms with Crippen LogP contribution in [0.2, 0.25) is 0 Å². The maximum atomic E-state index is 13.5. The lowest BCUT2D eigenvalue weighted by Gasteiger charge is -2.22. The lowest BCUT2D eigenvalue weighted by molar-refractivity contribution is -0.138. The van der Waals surface area contributed by atoms with Crippen molar-refractivity contribution < 1.29 is 78.6 Å². The smallest absolute Gasteiger partial charge is 0.416 e. The summed E-state index contributed by atoms with van der Waals surface area (Å²) in [6.45, 7) is 1.71. The largest absolute Gasteiger partial charge is 0.494 e. The van der Waals surface area contributed by atoms with Gasteiger partial charge in [-0.1, -0.05) is 64.9 Å². The van der Waals surface area contributed by atoms with Crippen LogP contribution >= 0.6 is 0 Å². The second-order valence-electron chi connectivity index (χ2n) is 17.4. The van der Waals surface area contributed by atoms with Crippen LogP contribution in [0.4, 0.5) is 31.1 Å². The summed E-state index contributed by atoms with van der Waals surface area (Å²) >= 11 is 0. The summed E-state index contributed by atoms with van der Waals surface area (Å²) in [5, 5.41) is 17.1. The van der Waals surface area contributed by atoms with Crippen molar-refractivity contribution in [3.05, 3.63) is 191 Å². The second kappa shape index (κ2) is 26.8. The Bertz CT molecular complexity index is 2850. The Balaban J connectivity index is 0.000000233. The molecule has 1 aliphatic rings. The monoisotopic (exact) mass is 1060 g/mol. The van der Waals surface area contributed by atoms with E-state index in [0.717, 1.165) is 41.0 Å². The number of carbonyl (C=O) groups excluding carboxylic acids is 2. The minimum Gasteiger partial charge on any atom is -0.494 e. The SMILES string of the molecule is O=C(C[C@@H](c1ccc(OCCCCOc2ccc(C(F)(F)F)cc2)cc1)c1ccon1)N1C(=O)OC[C@@H]1Cc1ccccc1.O=C(O)C[C@@H](c1ccc(OCCCCOc2ccc(C(F)(F)F)cc2)cc1)c1ccon1. The zero-order valence-electron chi connectivity index (χ0n) is 40.8. The molecule has 0 aliphatic carbocycles. The van der Waals surface area contributed by atoms with E-state index < -0.39 is 53.4 Å². The highest BCUT2D eigenvalue weighted by Gasteiger charge is 2.39. The van der Waals surface area contributed by atoms with Crippen LogP contribution in [0.5, 0.6) is 23.0 Å². The first-order valence-corrected chi connectivity index (χ1v) is 24.2. The van der Waals surface area contributed by atoms with Crippen molar-refractivity contribution >= 4 is 18.0 Å². The van der Waals surface area contributed by atoms with E-state index in [1.54, 1.807) is 48.5 Å². The number of halogens is 6. The normalized spacial score (nSPS) is 14.2. The molecule has 0 radical (unpaired) electrons. The molecule has 3 heterocycles. The van der Waals surface area contributed by atoms with Gasteiger partial charge in [-0.05, 0) is 122 Å². The molecule has 1 aliphatic heterocycles. The first-order chi connectivity index (χ1) is 36.6. The standard InChI is InChI=1S/C33H31F3N2O6.C23H22F3NO5/c34-33(35,36)25-10-14-28(15-11-25)42-18-5-4-17-41-27-12-8-24(9-13-27)29(30-16-19-44-37-30)21-31(39)38-26(22-43-32(38)40)20-23-6-2-1-3-7-23;24-23(25,26)17-5-9-19(10-6-17)31-13-2-1-12-30-18-7-3-16(4-8-18)20(15-22(28)29)21-11-14-32-27-21/h1-3,6-16,19,26,29H,4-5,17-18,20-22H2;3-11,14,20H,1-2,12-13,15H2,(H,28,29)/t26-,29-;20-/m00/s1. The Labute approximate surface area is 433 Å². The van der Waals surface area contributed by atoms with Crippen LogP contribution in [0.25, 0.3) is 0 Å². The molecule has 20 heteroatoms. The molecule has 5 aromatic carbocycles. The van der Waals surface area contributed by atoms with Crippen LogP contribution in [0.3, 0.4) is 0 Å². The number of benzene rings is 5. The van der Waals surface area contributed by atoms with Gasteiger partial charge in [-0.25, -0.2) is 9.69 Å². The number of unbranched alkanes of at least 4 members (excludes halogenated alkanes) is 2. The molecule has 8 rings (SSSR count). The van der Waals surface area contributed by atoms with Crippen LogP contribution in [-0.4, -0.2) is 77.4 Å². The number of carbonyl (C=O) groups is 3. The van der Waals surface area contributed by atoms with Gasteiger partial charge in [-0.15, -0.1) is 0 Å². The molecule has 0 saturated carbocycles. The average Bonchev–Trinajstić information content (AvgIpc) is 4.22. The predicted octanol–water partition coefficient (Wildman–Crippen LogP) is 12.6. The van der Waals surface area contributed by atoms with Crippen molar-refractivity contribution in [1.29, 1.82) is 0 Å². The van der Waals surface area contributed by atoms with E-state index in [9.17, 15) is 40.7 Å². The van der Waals surface area contributed by atoms with Gasteiger partial charge in [0.1, 0.15) is 42.1 Å². The number of aromatic nitrogens is 2. The topological polar surface area (TPSA) is 173 Å². The molecule has 7 aromatic rings. The van der Waals surface area contributed by atoms with Gasteiger partial charge in [0, 0.05) is 30.4 Å². The Hall–Kier alpha value is -8.29. The summed E-state index contributed by atoms with van der Waals surface area (Å²) < 4.78 is 113. The van der Waals surface area contributed by atoms with Crippen LogP contribution in [0.1, 0.15) is 89.6 Å². The Morgan fingerprint density at radius 3 is 1.33 bits per heavy atom. The molecule has 1 saturated heterocycles. The van der Waals surface area contributed by atoms with E-state index in [-0.39, 0.29) is 25.4 Å². The molecule has 14 nitrogen and oxygen atoms in total. The first kappa shape index (κ1) is 55.5. The maximum absolute atomic E-state index is 13.5. The molecule has 0 bridgehead atoms. The van der Waals surface area contributed by atoms with Crippen molar-refractivity contribution in [2.24, 2.45) is 0 Å². The number of carboxylic acid groups (broad SMARTS) is 1. The lowest BCUT2D eigenvalue weighted by Crippen LogP contribution is -2.40. The number of imide groups is 1. The van der Waals surface area contributed by atoms with Crippen LogP contribution < -0.4 is 18.9 Å². The summed E-state index contributed by atoms with van der Waals surface area (Å²) in [6, 6.07) is 36.2. The van der Waals surface area contributed by atoms with Gasteiger partial charge in [0.25, 0.3) is 0 Å². The number of carboxylic acids is 1. The Kier molecular flexibility index (Phi) is 19.5. The number of amides is 2. The fraction of sp³-hybridized carbons (Fsp3) is 0.304. The minimum absolute atomic E-state index is 0.00788. The van der Waals surface area contributed by atoms with Gasteiger partial charge < -0.3 is 37.8 Å². The van der Waals surface area contributed by atoms with Crippen molar-refractivity contribution in [3.63, 3.8) is 0 Å². The summed E-state index contributed by atoms with van der Waals surface area (Å²) in [7, 11) is 0. The van der Waals surface area contributed by atoms with Crippen LogP contribution in [0.15, 0.2) is 161 Å². The Morgan fingerprint density at radius 1 is 0.566 bits per heavy atom. The first-order valence-electron chi connectivity index (χ1n) is 24.2. The Morgan fingerprint density at radius 2 is 0.961 bits per heavy atom. The highest BCUT2D eigenvalue weighted by atomic mass is 19.4. The zero-order chi connectivity index (χ0) is 53.9. The number of aliphatic carboxylic acids is 1. The number of cyclic esters (lactones) is 1. The molecule has 0 spiro atoms. The fourth-order valence-electron chi connectivity index (χ4n) is 8.08.